The number of rotatable bonds is 0. The van der Waals surface area contributed by atoms with Crippen LogP contribution in [-0.4, -0.2) is 0 Å². The van der Waals surface area contributed by atoms with Gasteiger partial charge in [-0.05, 0) is 0 Å². The van der Waals surface area contributed by atoms with Gasteiger partial charge in [-0.25, -0.2) is 0 Å². The van der Waals surface area contributed by atoms with Gasteiger partial charge >= 0.3 is 69.2 Å². The van der Waals surface area contributed by atoms with E-state index in [-0.39, 0.29) is 94.5 Å². The molecule has 0 aromatic heterocycles. The summed E-state index contributed by atoms with van der Waals surface area (Å²) >= 11 is 0. The van der Waals surface area contributed by atoms with Crippen LogP contribution in [0.2, 0.25) is 0 Å². The number of hydrogen-bond donors (Lipinski definition) is 0. The van der Waals surface area contributed by atoms with Crippen molar-refractivity contribution in [1.82, 2.24) is 0 Å². The molecule has 7 heteroatoms. The van der Waals surface area contributed by atoms with Crippen molar-refractivity contribution in [2.75, 3.05) is 0 Å². The van der Waals surface area contributed by atoms with Gasteiger partial charge in [0.2, 0.25) is 0 Å². The molecule has 0 aromatic rings. The molecule has 8 heavy (non-hydrogen) atoms. The zero-order valence-corrected chi connectivity index (χ0v) is 6.46. The molecule has 0 spiro atoms. The SMILES string of the molecule is C.[Co+2].[H-].[Li+].[Mn+2].[Ni+2].[O-2].[O-2].[O-2]. The van der Waals surface area contributed by atoms with E-state index in [0.29, 0.717) is 0 Å². The Morgan fingerprint density at radius 1 is 0.875 bits per heavy atom. The first-order valence-corrected chi connectivity index (χ1v) is 0. The molecule has 0 aliphatic rings. The van der Waals surface area contributed by atoms with E-state index in [1.807, 2.05) is 0 Å². The largest absolute Gasteiger partial charge is 2.00 e. The maximum Gasteiger partial charge on any atom is 2.00 e. The van der Waals surface area contributed by atoms with Crippen molar-refractivity contribution in [2.45, 2.75) is 7.43 Å². The molecule has 0 atom stereocenters. The minimum Gasteiger partial charge on any atom is -2.00 e. The van der Waals surface area contributed by atoms with Crippen LogP contribution in [-0.2, 0) is 66.8 Å². The van der Waals surface area contributed by atoms with Gasteiger partial charge in [0, 0.05) is 0 Å². The van der Waals surface area contributed by atoms with Gasteiger partial charge in [0.05, 0.1) is 0 Å². The minimum absolute atomic E-state index is 0. The molecule has 0 saturated heterocycles. The average molecular weight is 245 g/mol. The second-order valence-electron chi connectivity index (χ2n) is 0. The molecule has 0 bridgehead atoms. The molecule has 0 saturated carbocycles. The van der Waals surface area contributed by atoms with Crippen LogP contribution in [0.5, 0.6) is 0 Å². The Bertz CT molecular complexity index is 23.8. The first-order chi connectivity index (χ1) is 0. The summed E-state index contributed by atoms with van der Waals surface area (Å²) in [5.74, 6) is 0. The van der Waals surface area contributed by atoms with E-state index in [4.69, 9.17) is 0 Å². The normalized spacial score (nSPS) is 0. The Morgan fingerprint density at radius 2 is 0.875 bits per heavy atom. The van der Waals surface area contributed by atoms with Crippen molar-refractivity contribution in [1.29, 1.82) is 0 Å². The van der Waals surface area contributed by atoms with Crippen molar-refractivity contribution < 1.29 is 87.1 Å². The van der Waals surface area contributed by atoms with E-state index >= 15 is 0 Å². The molecule has 0 fully saturated rings. The first kappa shape index (κ1) is 203. The van der Waals surface area contributed by atoms with Crippen LogP contribution in [0, 0.1) is 0 Å². The standard InChI is InChI=1S/CH4.Co.Li.Mn.Ni.3O.H/h1H4;;;;;;;;/q;+2;+1;2*+2;3*-2;-1. The maximum absolute atomic E-state index is 0. The molecule has 2 radical (unpaired) electrons. The monoisotopic (exact) mass is 244 g/mol. The molecular weight excluding hydrogens is 240 g/mol. The van der Waals surface area contributed by atoms with E-state index in [1.165, 1.54) is 0 Å². The van der Waals surface area contributed by atoms with Crippen LogP contribution in [0.1, 0.15) is 8.85 Å². The van der Waals surface area contributed by atoms with Gasteiger partial charge < -0.3 is 17.9 Å². The Hall–Kier alpha value is 2.00. The molecule has 0 rings (SSSR count). The van der Waals surface area contributed by atoms with Crippen molar-refractivity contribution in [2.24, 2.45) is 0 Å². The zero-order valence-electron chi connectivity index (χ0n) is 4.25. The molecule has 54 valence electrons. The third kappa shape index (κ3) is 98.2. The van der Waals surface area contributed by atoms with Crippen LogP contribution >= 0.6 is 0 Å². The quantitative estimate of drug-likeness (QED) is 0.418. The van der Waals surface area contributed by atoms with Gasteiger partial charge in [0.15, 0.2) is 0 Å². The Labute approximate surface area is 93.9 Å². The van der Waals surface area contributed by atoms with Crippen molar-refractivity contribution in [3.8, 4) is 0 Å². The maximum atomic E-state index is 0. The Kier molecular flexibility index (Phi) is 3660. The fraction of sp³-hybridized carbons (Fsp3) is 1.00. The van der Waals surface area contributed by atoms with Gasteiger partial charge in [-0.2, -0.15) is 0 Å². The summed E-state index contributed by atoms with van der Waals surface area (Å²) in [6.07, 6.45) is 0. The summed E-state index contributed by atoms with van der Waals surface area (Å²) in [5, 5.41) is 0. The molecule has 3 nitrogen and oxygen atoms in total. The smallest absolute Gasteiger partial charge is 2.00 e. The van der Waals surface area contributed by atoms with Crippen LogP contribution < -0.4 is 18.9 Å². The summed E-state index contributed by atoms with van der Waals surface area (Å²) in [5.41, 5.74) is 0. The van der Waals surface area contributed by atoms with Crippen LogP contribution in [0.4, 0.5) is 0 Å². The second kappa shape index (κ2) is 144. The summed E-state index contributed by atoms with van der Waals surface area (Å²) < 4.78 is 0. The van der Waals surface area contributed by atoms with Gasteiger partial charge in [-0.3, -0.25) is 0 Å². The van der Waals surface area contributed by atoms with Crippen LogP contribution in [0.25, 0.3) is 0 Å². The Morgan fingerprint density at radius 3 is 0.875 bits per heavy atom. The predicted octanol–water partition coefficient (Wildman–Crippen LogP) is -2.61. The summed E-state index contributed by atoms with van der Waals surface area (Å²) in [6, 6.07) is 0. The third-order valence-corrected chi connectivity index (χ3v) is 0. The average Bonchev–Trinajstić information content (AvgIpc) is 0. The molecule has 0 unspecified atom stereocenters. The molecule has 0 N–H and O–H groups in total. The topological polar surface area (TPSA) is 85.5 Å². The van der Waals surface area contributed by atoms with Crippen LogP contribution in [0.3, 0.4) is 0 Å². The molecular formula is CH5CoLiMnNiO3. The van der Waals surface area contributed by atoms with Crippen molar-refractivity contribution in [3.63, 3.8) is 0 Å². The second-order valence-corrected chi connectivity index (χ2v) is 0. The fourth-order valence-corrected chi connectivity index (χ4v) is 0. The van der Waals surface area contributed by atoms with E-state index in [9.17, 15) is 0 Å². The summed E-state index contributed by atoms with van der Waals surface area (Å²) in [7, 11) is 0. The third-order valence-electron chi connectivity index (χ3n) is 0. The molecule has 0 amide bonds. The van der Waals surface area contributed by atoms with Crippen molar-refractivity contribution >= 4 is 0 Å². The van der Waals surface area contributed by atoms with Crippen molar-refractivity contribution in [3.05, 3.63) is 0 Å². The molecule has 0 aromatic carbocycles. The predicted molar refractivity (Wildman–Crippen MR) is 9.90 cm³/mol. The van der Waals surface area contributed by atoms with Gasteiger partial charge in [0.1, 0.15) is 0 Å². The minimum atomic E-state index is 0. The van der Waals surface area contributed by atoms with E-state index in [0.717, 1.165) is 0 Å². The number of hydrogen-bond acceptors (Lipinski definition) is 0. The summed E-state index contributed by atoms with van der Waals surface area (Å²) in [4.78, 5) is 0. The van der Waals surface area contributed by atoms with E-state index in [2.05, 4.69) is 0 Å². The first-order valence-electron chi connectivity index (χ1n) is 0. The van der Waals surface area contributed by atoms with Gasteiger partial charge in [-0.15, -0.1) is 0 Å². The van der Waals surface area contributed by atoms with Gasteiger partial charge in [0.25, 0.3) is 0 Å². The molecule has 0 aliphatic carbocycles. The Balaban J connectivity index is 0. The van der Waals surface area contributed by atoms with E-state index < -0.39 is 0 Å². The zero-order chi connectivity index (χ0) is 0. The molecule has 0 heterocycles. The van der Waals surface area contributed by atoms with Crippen LogP contribution in [0.15, 0.2) is 0 Å². The summed E-state index contributed by atoms with van der Waals surface area (Å²) in [6.45, 7) is 0. The van der Waals surface area contributed by atoms with E-state index in [1.54, 1.807) is 0 Å². The van der Waals surface area contributed by atoms with Gasteiger partial charge in [-0.1, -0.05) is 7.43 Å². The molecule has 0 aliphatic heterocycles. The fourth-order valence-electron chi connectivity index (χ4n) is 0.